The fourth-order valence-electron chi connectivity index (χ4n) is 2.49. The minimum atomic E-state index is -0.553. The van der Waals surface area contributed by atoms with Gasteiger partial charge in [0.15, 0.2) is 0 Å². The van der Waals surface area contributed by atoms with Crippen molar-refractivity contribution in [2.45, 2.75) is 6.92 Å². The van der Waals surface area contributed by atoms with E-state index in [-0.39, 0.29) is 16.1 Å². The highest BCUT2D eigenvalue weighted by Gasteiger charge is 2.18. The van der Waals surface area contributed by atoms with Crippen molar-refractivity contribution in [2.75, 3.05) is 5.32 Å². The number of thiophene rings is 1. The molecular formula is C20H14Cl2FN3O3S. The average Bonchev–Trinajstić information content (AvgIpc) is 3.05. The molecule has 0 aliphatic rings. The monoisotopic (exact) mass is 465 g/mol. The van der Waals surface area contributed by atoms with Crippen molar-refractivity contribution >= 4 is 57.3 Å². The van der Waals surface area contributed by atoms with Gasteiger partial charge >= 0.3 is 0 Å². The summed E-state index contributed by atoms with van der Waals surface area (Å²) in [4.78, 5) is 37.2. The summed E-state index contributed by atoms with van der Waals surface area (Å²) in [6, 6.07) is 11.3. The molecule has 10 heteroatoms. The number of carbonyl (C=O) groups is 3. The topological polar surface area (TPSA) is 87.3 Å². The first-order valence-electron chi connectivity index (χ1n) is 8.47. The number of rotatable bonds is 4. The van der Waals surface area contributed by atoms with E-state index in [1.807, 2.05) is 0 Å². The van der Waals surface area contributed by atoms with Crippen molar-refractivity contribution in [3.05, 3.63) is 86.0 Å². The predicted octanol–water partition coefficient (Wildman–Crippen LogP) is 4.83. The van der Waals surface area contributed by atoms with Gasteiger partial charge in [-0.1, -0.05) is 29.3 Å². The predicted molar refractivity (Wildman–Crippen MR) is 115 cm³/mol. The van der Waals surface area contributed by atoms with Crippen LogP contribution in [0, 0.1) is 12.7 Å². The average molecular weight is 466 g/mol. The van der Waals surface area contributed by atoms with Crippen LogP contribution in [0.1, 0.15) is 36.0 Å². The molecule has 3 rings (SSSR count). The van der Waals surface area contributed by atoms with Crippen LogP contribution in [0.5, 0.6) is 0 Å². The van der Waals surface area contributed by atoms with Crippen molar-refractivity contribution in [3.8, 4) is 0 Å². The quantitative estimate of drug-likeness (QED) is 0.482. The van der Waals surface area contributed by atoms with Crippen molar-refractivity contribution in [3.63, 3.8) is 0 Å². The van der Waals surface area contributed by atoms with E-state index in [4.69, 9.17) is 23.2 Å². The summed E-state index contributed by atoms with van der Waals surface area (Å²) < 4.78 is 13.1. The molecular weight excluding hydrogens is 452 g/mol. The van der Waals surface area contributed by atoms with Crippen LogP contribution >= 0.6 is 34.5 Å². The number of nitrogens with one attached hydrogen (secondary N) is 3. The van der Waals surface area contributed by atoms with Crippen LogP contribution in [0.3, 0.4) is 0 Å². The second-order valence-corrected chi connectivity index (χ2v) is 8.02. The smallest absolute Gasteiger partial charge is 0.280 e. The molecule has 0 unspecified atom stereocenters. The van der Waals surface area contributed by atoms with Gasteiger partial charge in [-0.25, -0.2) is 4.39 Å². The largest absolute Gasteiger partial charge is 0.313 e. The molecule has 30 heavy (non-hydrogen) atoms. The Morgan fingerprint density at radius 3 is 2.37 bits per heavy atom. The van der Waals surface area contributed by atoms with Crippen LogP contribution in [0.15, 0.2) is 48.5 Å². The lowest BCUT2D eigenvalue weighted by atomic mass is 10.2. The number of carbonyl (C=O) groups excluding carboxylic acids is 3. The summed E-state index contributed by atoms with van der Waals surface area (Å²) in [5.41, 5.74) is 5.61. The Bertz CT molecular complexity index is 1150. The molecule has 0 bridgehead atoms. The van der Waals surface area contributed by atoms with E-state index in [0.29, 0.717) is 20.5 Å². The number of halogens is 3. The Kier molecular flexibility index (Phi) is 6.71. The van der Waals surface area contributed by atoms with Crippen LogP contribution in [0.4, 0.5) is 9.39 Å². The Morgan fingerprint density at radius 1 is 0.933 bits per heavy atom. The Morgan fingerprint density at radius 2 is 1.67 bits per heavy atom. The fraction of sp³-hybridized carbons (Fsp3) is 0.0500. The molecule has 1 aromatic heterocycles. The van der Waals surface area contributed by atoms with Crippen molar-refractivity contribution in [1.82, 2.24) is 10.9 Å². The van der Waals surface area contributed by atoms with Crippen molar-refractivity contribution in [2.24, 2.45) is 0 Å². The lowest BCUT2D eigenvalue weighted by Gasteiger charge is -2.07. The highest BCUT2D eigenvalue weighted by Crippen LogP contribution is 2.28. The maximum atomic E-state index is 13.1. The number of hydrazine groups is 1. The van der Waals surface area contributed by atoms with Gasteiger partial charge in [0.05, 0.1) is 20.5 Å². The number of anilines is 1. The van der Waals surface area contributed by atoms with Crippen LogP contribution in [-0.4, -0.2) is 17.7 Å². The van der Waals surface area contributed by atoms with E-state index >= 15 is 0 Å². The molecule has 0 aliphatic heterocycles. The Balaban J connectivity index is 1.65. The molecule has 3 N–H and O–H groups in total. The number of amides is 3. The van der Waals surface area contributed by atoms with E-state index in [9.17, 15) is 18.8 Å². The SMILES string of the molecule is Cc1cc(NC(=O)c2ccc(F)cc2Cl)sc1C(=O)NNC(=O)c1cccc(Cl)c1. The van der Waals surface area contributed by atoms with Gasteiger partial charge in [-0.05, 0) is 55.0 Å². The van der Waals surface area contributed by atoms with Crippen molar-refractivity contribution < 1.29 is 18.8 Å². The number of benzene rings is 2. The summed E-state index contributed by atoms with van der Waals surface area (Å²) >= 11 is 12.8. The normalized spacial score (nSPS) is 10.4. The minimum absolute atomic E-state index is 0.0255. The van der Waals surface area contributed by atoms with E-state index in [0.717, 1.165) is 23.5 Å². The lowest BCUT2D eigenvalue weighted by molar-refractivity contribution is 0.0848. The summed E-state index contributed by atoms with van der Waals surface area (Å²) in [7, 11) is 0. The van der Waals surface area contributed by atoms with Gasteiger partial charge in [-0.15, -0.1) is 11.3 Å². The molecule has 3 amide bonds. The third-order valence-corrected chi connectivity index (χ3v) is 5.61. The standard InChI is InChI=1S/C20H14Cl2FN3O3S/c1-10-7-16(24-19(28)14-6-5-13(23)9-15(14)22)30-17(10)20(29)26-25-18(27)11-3-2-4-12(21)8-11/h2-9H,1H3,(H,24,28)(H,25,27)(H,26,29). The minimum Gasteiger partial charge on any atom is -0.313 e. The second kappa shape index (κ2) is 9.25. The maximum absolute atomic E-state index is 13.1. The van der Waals surface area contributed by atoms with Gasteiger partial charge in [0.2, 0.25) is 0 Å². The molecule has 0 radical (unpaired) electrons. The zero-order valence-electron chi connectivity index (χ0n) is 15.4. The first-order valence-corrected chi connectivity index (χ1v) is 10.0. The number of hydrogen-bond donors (Lipinski definition) is 3. The lowest BCUT2D eigenvalue weighted by Crippen LogP contribution is -2.41. The zero-order valence-corrected chi connectivity index (χ0v) is 17.7. The van der Waals surface area contributed by atoms with Gasteiger partial charge in [0.1, 0.15) is 5.82 Å². The summed E-state index contributed by atoms with van der Waals surface area (Å²) in [6.45, 7) is 1.69. The van der Waals surface area contributed by atoms with E-state index in [1.165, 1.54) is 12.1 Å². The van der Waals surface area contributed by atoms with Gasteiger partial charge in [-0.3, -0.25) is 25.2 Å². The van der Waals surface area contributed by atoms with Crippen LogP contribution in [-0.2, 0) is 0 Å². The molecule has 2 aromatic carbocycles. The third kappa shape index (κ3) is 5.15. The van der Waals surface area contributed by atoms with Crippen molar-refractivity contribution in [1.29, 1.82) is 0 Å². The van der Waals surface area contributed by atoms with Gasteiger partial charge in [0.25, 0.3) is 17.7 Å². The fourth-order valence-corrected chi connectivity index (χ4v) is 3.90. The Labute approximate surface area is 185 Å². The molecule has 1 heterocycles. The summed E-state index contributed by atoms with van der Waals surface area (Å²) in [5.74, 6) is -2.17. The third-order valence-electron chi connectivity index (χ3n) is 3.91. The van der Waals surface area contributed by atoms with Gasteiger partial charge < -0.3 is 5.32 Å². The van der Waals surface area contributed by atoms with Crippen LogP contribution < -0.4 is 16.2 Å². The first kappa shape index (κ1) is 21.8. The van der Waals surface area contributed by atoms with Gasteiger partial charge in [-0.2, -0.15) is 0 Å². The van der Waals surface area contributed by atoms with E-state index < -0.39 is 23.5 Å². The molecule has 0 aliphatic carbocycles. The molecule has 0 saturated carbocycles. The van der Waals surface area contributed by atoms with E-state index in [1.54, 1.807) is 31.2 Å². The molecule has 0 spiro atoms. The molecule has 3 aromatic rings. The molecule has 0 atom stereocenters. The molecule has 6 nitrogen and oxygen atoms in total. The summed E-state index contributed by atoms with van der Waals surface area (Å²) in [6.07, 6.45) is 0. The maximum Gasteiger partial charge on any atom is 0.280 e. The van der Waals surface area contributed by atoms with E-state index in [2.05, 4.69) is 16.2 Å². The van der Waals surface area contributed by atoms with Crippen LogP contribution in [0.25, 0.3) is 0 Å². The molecule has 154 valence electrons. The Hall–Kier alpha value is -2.94. The highest BCUT2D eigenvalue weighted by molar-refractivity contribution is 7.18. The number of aryl methyl sites for hydroxylation is 1. The second-order valence-electron chi connectivity index (χ2n) is 6.12. The summed E-state index contributed by atoms with van der Waals surface area (Å²) in [5, 5.41) is 3.38. The zero-order chi connectivity index (χ0) is 21.8. The molecule has 0 fully saturated rings. The number of hydrogen-bond acceptors (Lipinski definition) is 4. The van der Waals surface area contributed by atoms with Crippen LogP contribution in [0.2, 0.25) is 10.0 Å². The first-order chi connectivity index (χ1) is 14.2. The molecule has 0 saturated heterocycles. The van der Waals surface area contributed by atoms with Gasteiger partial charge in [0, 0.05) is 10.6 Å². The highest BCUT2D eigenvalue weighted by atomic mass is 35.5.